The summed E-state index contributed by atoms with van der Waals surface area (Å²) in [6.45, 7) is 8.11. The summed E-state index contributed by atoms with van der Waals surface area (Å²) < 4.78 is 0. The summed E-state index contributed by atoms with van der Waals surface area (Å²) in [5.41, 5.74) is 2.15. The van der Waals surface area contributed by atoms with Gasteiger partial charge < -0.3 is 9.90 Å². The first-order chi connectivity index (χ1) is 6.97. The SMILES string of the molecule is CC(C)c1cc([C-]=O)c(O)c(C(C)C)c1.[Ni]. The van der Waals surface area contributed by atoms with Gasteiger partial charge in [-0.25, -0.2) is 0 Å². The summed E-state index contributed by atoms with van der Waals surface area (Å²) in [7, 11) is 0. The van der Waals surface area contributed by atoms with E-state index >= 15 is 0 Å². The number of aromatic hydroxyl groups is 1. The second-order valence-electron chi connectivity index (χ2n) is 4.42. The molecule has 16 heavy (non-hydrogen) atoms. The summed E-state index contributed by atoms with van der Waals surface area (Å²) in [4.78, 5) is 10.7. The Bertz CT molecular complexity index is 370. The van der Waals surface area contributed by atoms with E-state index in [2.05, 4.69) is 13.8 Å². The average Bonchev–Trinajstić information content (AvgIpc) is 2.17. The Labute approximate surface area is 107 Å². The molecule has 0 saturated carbocycles. The maximum atomic E-state index is 10.7. The first kappa shape index (κ1) is 15.2. The van der Waals surface area contributed by atoms with Crippen LogP contribution in [0.2, 0.25) is 0 Å². The molecule has 0 radical (unpaired) electrons. The van der Waals surface area contributed by atoms with Crippen molar-refractivity contribution in [2.45, 2.75) is 39.5 Å². The predicted molar refractivity (Wildman–Crippen MR) is 61.1 cm³/mol. The molecule has 3 heteroatoms. The Hall–Kier alpha value is -0.816. The van der Waals surface area contributed by atoms with Gasteiger partial charge in [0.2, 0.25) is 0 Å². The van der Waals surface area contributed by atoms with Crippen LogP contribution in [0.4, 0.5) is 0 Å². The van der Waals surface area contributed by atoms with Crippen molar-refractivity contribution in [3.63, 3.8) is 0 Å². The van der Waals surface area contributed by atoms with Gasteiger partial charge in [-0.05, 0) is 11.8 Å². The van der Waals surface area contributed by atoms with Crippen LogP contribution in [-0.4, -0.2) is 11.4 Å². The van der Waals surface area contributed by atoms with Gasteiger partial charge in [0.05, 0.1) is 6.29 Å². The zero-order chi connectivity index (χ0) is 11.6. The van der Waals surface area contributed by atoms with Crippen LogP contribution >= 0.6 is 0 Å². The first-order valence-corrected chi connectivity index (χ1v) is 5.22. The minimum atomic E-state index is 0. The maximum absolute atomic E-state index is 10.7. The molecular formula is C13H17NiO2-. The molecule has 0 aliphatic carbocycles. The molecule has 0 aromatic heterocycles. The minimum absolute atomic E-state index is 0. The molecule has 0 aliphatic heterocycles. The van der Waals surface area contributed by atoms with Crippen molar-refractivity contribution in [3.05, 3.63) is 28.8 Å². The fourth-order valence-corrected chi connectivity index (χ4v) is 1.53. The van der Waals surface area contributed by atoms with Crippen LogP contribution in [-0.2, 0) is 21.3 Å². The summed E-state index contributed by atoms with van der Waals surface area (Å²) in [5.74, 6) is 0.621. The smallest absolute Gasteiger partial charge is 0.0662 e. The van der Waals surface area contributed by atoms with Crippen molar-refractivity contribution >= 4 is 6.29 Å². The summed E-state index contributed by atoms with van der Waals surface area (Å²) in [5, 5.41) is 9.80. The van der Waals surface area contributed by atoms with Crippen molar-refractivity contribution in [3.8, 4) is 5.75 Å². The van der Waals surface area contributed by atoms with E-state index in [9.17, 15) is 9.90 Å². The quantitative estimate of drug-likeness (QED) is 0.672. The fourth-order valence-electron chi connectivity index (χ4n) is 1.53. The van der Waals surface area contributed by atoms with Crippen LogP contribution in [0.3, 0.4) is 0 Å². The van der Waals surface area contributed by atoms with Gasteiger partial charge in [-0.1, -0.05) is 39.3 Å². The number of carbonyl (C=O) groups excluding carboxylic acids is 1. The Morgan fingerprint density at radius 2 is 1.69 bits per heavy atom. The molecule has 1 N–H and O–H groups in total. The maximum Gasteiger partial charge on any atom is 0.0662 e. The van der Waals surface area contributed by atoms with Crippen LogP contribution in [0.1, 0.15) is 56.2 Å². The Morgan fingerprint density at radius 3 is 2.06 bits per heavy atom. The van der Waals surface area contributed by atoms with Crippen molar-refractivity contribution < 1.29 is 26.4 Å². The number of hydrogen-bond acceptors (Lipinski definition) is 2. The van der Waals surface area contributed by atoms with Gasteiger partial charge >= 0.3 is 0 Å². The molecule has 0 aliphatic rings. The number of hydrogen-bond donors (Lipinski definition) is 1. The molecule has 0 heterocycles. The molecule has 1 aromatic rings. The second kappa shape index (κ2) is 6.05. The molecule has 0 unspecified atom stereocenters. The van der Waals surface area contributed by atoms with Crippen LogP contribution in [0.5, 0.6) is 5.75 Å². The minimum Gasteiger partial charge on any atom is -0.565 e. The molecular weight excluding hydrogens is 247 g/mol. The first-order valence-electron chi connectivity index (χ1n) is 5.22. The van der Waals surface area contributed by atoms with Crippen LogP contribution in [0.25, 0.3) is 0 Å². The van der Waals surface area contributed by atoms with Gasteiger partial charge in [0.1, 0.15) is 0 Å². The predicted octanol–water partition coefficient (Wildman–Crippen LogP) is 3.09. The fraction of sp³-hybridized carbons (Fsp3) is 0.462. The third-order valence-corrected chi connectivity index (χ3v) is 2.56. The van der Waals surface area contributed by atoms with Crippen LogP contribution < -0.4 is 0 Å². The second-order valence-corrected chi connectivity index (χ2v) is 4.42. The Balaban J connectivity index is 0.00000225. The number of benzene rings is 1. The van der Waals surface area contributed by atoms with Crippen molar-refractivity contribution in [2.24, 2.45) is 0 Å². The van der Waals surface area contributed by atoms with Gasteiger partial charge in [-0.3, -0.25) is 0 Å². The summed E-state index contributed by atoms with van der Waals surface area (Å²) >= 11 is 0. The molecule has 92 valence electrons. The number of phenols is 1. The number of phenolic OH excluding ortho intramolecular Hbond substituents is 1. The molecule has 1 rings (SSSR count). The normalized spacial score (nSPS) is 10.4. The van der Waals surface area contributed by atoms with Gasteiger partial charge in [-0.15, -0.1) is 11.1 Å². The third-order valence-electron chi connectivity index (χ3n) is 2.56. The van der Waals surface area contributed by atoms with Crippen molar-refractivity contribution in [1.82, 2.24) is 0 Å². The Kier molecular flexibility index (Phi) is 5.74. The molecule has 0 fully saturated rings. The van der Waals surface area contributed by atoms with E-state index in [-0.39, 0.29) is 33.7 Å². The van der Waals surface area contributed by atoms with E-state index in [1.807, 2.05) is 19.9 Å². The van der Waals surface area contributed by atoms with Crippen molar-refractivity contribution in [1.29, 1.82) is 0 Å². The Morgan fingerprint density at radius 1 is 1.12 bits per heavy atom. The molecule has 0 spiro atoms. The van der Waals surface area contributed by atoms with Gasteiger partial charge in [0.15, 0.2) is 0 Å². The van der Waals surface area contributed by atoms with Gasteiger partial charge in [0.25, 0.3) is 0 Å². The van der Waals surface area contributed by atoms with Crippen LogP contribution in [0, 0.1) is 0 Å². The topological polar surface area (TPSA) is 37.3 Å². The molecule has 2 nitrogen and oxygen atoms in total. The third kappa shape index (κ3) is 3.09. The van der Waals surface area contributed by atoms with E-state index in [0.29, 0.717) is 5.92 Å². The summed E-state index contributed by atoms with van der Waals surface area (Å²) in [6.07, 6.45) is 1.79. The number of rotatable bonds is 3. The molecule has 1 aromatic carbocycles. The standard InChI is InChI=1S/C13H17O2.Ni/c1-8(2)10-5-11(7-14)13(15)12(6-10)9(3)4;/h5-6,8-9,15H,1-4H3;/q-1;. The largest absolute Gasteiger partial charge is 0.565 e. The van der Waals surface area contributed by atoms with Crippen LogP contribution in [0.15, 0.2) is 12.1 Å². The molecule has 0 saturated heterocycles. The van der Waals surface area contributed by atoms with E-state index < -0.39 is 0 Å². The van der Waals surface area contributed by atoms with E-state index in [1.54, 1.807) is 12.4 Å². The van der Waals surface area contributed by atoms with Gasteiger partial charge in [-0.2, -0.15) is 6.07 Å². The van der Waals surface area contributed by atoms with Crippen molar-refractivity contribution in [2.75, 3.05) is 0 Å². The molecule has 0 amide bonds. The van der Waals surface area contributed by atoms with E-state index in [1.165, 1.54) is 0 Å². The van der Waals surface area contributed by atoms with E-state index in [4.69, 9.17) is 0 Å². The van der Waals surface area contributed by atoms with E-state index in [0.717, 1.165) is 11.1 Å². The zero-order valence-corrected chi connectivity index (χ0v) is 11.0. The monoisotopic (exact) mass is 263 g/mol. The average molecular weight is 264 g/mol. The molecule has 0 atom stereocenters. The summed E-state index contributed by atoms with van der Waals surface area (Å²) in [6, 6.07) is 3.67. The van der Waals surface area contributed by atoms with Gasteiger partial charge in [0, 0.05) is 22.2 Å². The molecule has 0 bridgehead atoms. The zero-order valence-electron chi connectivity index (χ0n) is 9.98.